The molecule has 122 valence electrons. The van der Waals surface area contributed by atoms with Crippen molar-refractivity contribution in [2.24, 2.45) is 0 Å². The van der Waals surface area contributed by atoms with Gasteiger partial charge in [0.2, 0.25) is 0 Å². The SMILES string of the molecule is CCCC[C@H](c1ccc(Cl)c(Br)c1)N1CCNCC1.Cl.Cl. The van der Waals surface area contributed by atoms with Gasteiger partial charge in [-0.05, 0) is 40.0 Å². The van der Waals surface area contributed by atoms with Crippen molar-refractivity contribution in [3.8, 4) is 0 Å². The van der Waals surface area contributed by atoms with E-state index in [4.69, 9.17) is 11.6 Å². The first-order chi connectivity index (χ1) is 9.22. The lowest BCUT2D eigenvalue weighted by molar-refractivity contribution is 0.163. The summed E-state index contributed by atoms with van der Waals surface area (Å²) in [5, 5.41) is 4.22. The van der Waals surface area contributed by atoms with Gasteiger partial charge in [0, 0.05) is 36.7 Å². The van der Waals surface area contributed by atoms with Crippen LogP contribution in [0.2, 0.25) is 5.02 Å². The molecule has 0 aliphatic carbocycles. The molecule has 0 saturated carbocycles. The molecule has 1 fully saturated rings. The fourth-order valence-electron chi connectivity index (χ4n) is 2.67. The maximum Gasteiger partial charge on any atom is 0.0548 e. The maximum atomic E-state index is 6.10. The van der Waals surface area contributed by atoms with Crippen LogP contribution in [0.1, 0.15) is 37.8 Å². The standard InChI is InChI=1S/C15H22BrClN2.2ClH/c1-2-3-4-15(19-9-7-18-8-10-19)12-5-6-14(17)13(16)11-12;;/h5-6,11,15,18H,2-4,7-10H2,1H3;2*1H/t15-;;/m1../s1. The van der Waals surface area contributed by atoms with E-state index < -0.39 is 0 Å². The van der Waals surface area contributed by atoms with Crippen LogP contribution in [0.3, 0.4) is 0 Å². The highest BCUT2D eigenvalue weighted by Crippen LogP contribution is 2.31. The van der Waals surface area contributed by atoms with E-state index in [0.29, 0.717) is 6.04 Å². The van der Waals surface area contributed by atoms with Crippen LogP contribution in [-0.2, 0) is 0 Å². The molecule has 21 heavy (non-hydrogen) atoms. The van der Waals surface area contributed by atoms with Gasteiger partial charge in [-0.2, -0.15) is 0 Å². The summed E-state index contributed by atoms with van der Waals surface area (Å²) >= 11 is 9.65. The fraction of sp³-hybridized carbons (Fsp3) is 0.600. The quantitative estimate of drug-likeness (QED) is 0.717. The number of nitrogens with zero attached hydrogens (tertiary/aromatic N) is 1. The normalized spacial score (nSPS) is 16.7. The molecule has 1 aromatic rings. The topological polar surface area (TPSA) is 15.3 Å². The molecule has 1 aliphatic heterocycles. The Labute approximate surface area is 153 Å². The summed E-state index contributed by atoms with van der Waals surface area (Å²) < 4.78 is 1.00. The zero-order chi connectivity index (χ0) is 13.7. The molecule has 1 aliphatic rings. The first-order valence-corrected chi connectivity index (χ1v) is 8.29. The van der Waals surface area contributed by atoms with Crippen molar-refractivity contribution in [2.75, 3.05) is 26.2 Å². The predicted octanol–water partition coefficient (Wildman–Crippen LogP) is 5.08. The Bertz CT molecular complexity index is 412. The number of halogens is 4. The van der Waals surface area contributed by atoms with Crippen LogP contribution in [-0.4, -0.2) is 31.1 Å². The molecule has 1 N–H and O–H groups in total. The highest BCUT2D eigenvalue weighted by molar-refractivity contribution is 9.10. The average Bonchev–Trinajstić information content (AvgIpc) is 2.44. The Balaban J connectivity index is 0.00000200. The van der Waals surface area contributed by atoms with Gasteiger partial charge in [0.1, 0.15) is 0 Å². The van der Waals surface area contributed by atoms with Gasteiger partial charge in [-0.25, -0.2) is 0 Å². The molecule has 6 heteroatoms. The van der Waals surface area contributed by atoms with Gasteiger partial charge >= 0.3 is 0 Å². The molecule has 1 atom stereocenters. The number of hydrogen-bond acceptors (Lipinski definition) is 2. The number of hydrogen-bond donors (Lipinski definition) is 1. The van der Waals surface area contributed by atoms with Crippen molar-refractivity contribution in [1.82, 2.24) is 10.2 Å². The Kier molecular flexibility index (Phi) is 11.4. The summed E-state index contributed by atoms with van der Waals surface area (Å²) in [5.41, 5.74) is 1.38. The van der Waals surface area contributed by atoms with Gasteiger partial charge < -0.3 is 5.32 Å². The van der Waals surface area contributed by atoms with Crippen LogP contribution in [0.15, 0.2) is 22.7 Å². The summed E-state index contributed by atoms with van der Waals surface area (Å²) in [6, 6.07) is 6.89. The van der Waals surface area contributed by atoms with Crippen molar-refractivity contribution in [1.29, 1.82) is 0 Å². The number of nitrogens with one attached hydrogen (secondary N) is 1. The van der Waals surface area contributed by atoms with Gasteiger partial charge in [0.05, 0.1) is 5.02 Å². The molecule has 1 aromatic carbocycles. The minimum absolute atomic E-state index is 0. The first kappa shape index (κ1) is 21.5. The molecule has 0 unspecified atom stereocenters. The fourth-order valence-corrected chi connectivity index (χ4v) is 3.19. The summed E-state index contributed by atoms with van der Waals surface area (Å²) in [7, 11) is 0. The molecule has 0 radical (unpaired) electrons. The highest BCUT2D eigenvalue weighted by atomic mass is 79.9. The van der Waals surface area contributed by atoms with Gasteiger partial charge in [-0.3, -0.25) is 4.90 Å². The lowest BCUT2D eigenvalue weighted by Crippen LogP contribution is -2.45. The number of piperazine rings is 1. The minimum atomic E-state index is 0. The Hall–Kier alpha value is 0.490. The Morgan fingerprint density at radius 1 is 1.29 bits per heavy atom. The summed E-state index contributed by atoms with van der Waals surface area (Å²) in [6.45, 7) is 6.71. The molecule has 2 rings (SSSR count). The third-order valence-electron chi connectivity index (χ3n) is 3.75. The lowest BCUT2D eigenvalue weighted by Gasteiger charge is -2.35. The zero-order valence-electron chi connectivity index (χ0n) is 12.3. The number of rotatable bonds is 5. The van der Waals surface area contributed by atoms with E-state index in [9.17, 15) is 0 Å². The van der Waals surface area contributed by atoms with E-state index in [-0.39, 0.29) is 24.8 Å². The second-order valence-corrected chi connectivity index (χ2v) is 6.38. The van der Waals surface area contributed by atoms with E-state index in [1.807, 2.05) is 6.07 Å². The monoisotopic (exact) mass is 416 g/mol. The van der Waals surface area contributed by atoms with Crippen LogP contribution in [0.4, 0.5) is 0 Å². The van der Waals surface area contributed by atoms with Crippen molar-refractivity contribution in [2.45, 2.75) is 32.2 Å². The molecule has 0 spiro atoms. The summed E-state index contributed by atoms with van der Waals surface area (Å²) in [6.07, 6.45) is 3.75. The molecule has 0 amide bonds. The van der Waals surface area contributed by atoms with Gasteiger partial charge in [-0.1, -0.05) is 37.4 Å². The molecule has 2 nitrogen and oxygen atoms in total. The van der Waals surface area contributed by atoms with E-state index in [1.54, 1.807) is 0 Å². The van der Waals surface area contributed by atoms with Crippen molar-refractivity contribution in [3.05, 3.63) is 33.3 Å². The van der Waals surface area contributed by atoms with Crippen LogP contribution in [0.5, 0.6) is 0 Å². The van der Waals surface area contributed by atoms with Crippen LogP contribution in [0, 0.1) is 0 Å². The van der Waals surface area contributed by atoms with E-state index >= 15 is 0 Å². The van der Waals surface area contributed by atoms with Gasteiger partial charge in [0.25, 0.3) is 0 Å². The van der Waals surface area contributed by atoms with Crippen molar-refractivity contribution >= 4 is 52.3 Å². The van der Waals surface area contributed by atoms with E-state index in [2.05, 4.69) is 45.2 Å². The third-order valence-corrected chi connectivity index (χ3v) is 4.97. The third kappa shape index (κ3) is 6.25. The molecule has 0 aromatic heterocycles. The summed E-state index contributed by atoms with van der Waals surface area (Å²) in [4.78, 5) is 2.60. The van der Waals surface area contributed by atoms with Crippen LogP contribution >= 0.6 is 52.3 Å². The van der Waals surface area contributed by atoms with E-state index in [1.165, 1.54) is 24.8 Å². The predicted molar refractivity (Wildman–Crippen MR) is 100 cm³/mol. The molecular weight excluding hydrogens is 394 g/mol. The zero-order valence-corrected chi connectivity index (χ0v) is 16.3. The van der Waals surface area contributed by atoms with E-state index in [0.717, 1.165) is 35.7 Å². The smallest absolute Gasteiger partial charge is 0.0548 e. The van der Waals surface area contributed by atoms with Gasteiger partial charge in [-0.15, -0.1) is 24.8 Å². The van der Waals surface area contributed by atoms with Crippen LogP contribution in [0.25, 0.3) is 0 Å². The lowest BCUT2D eigenvalue weighted by atomic mass is 9.99. The first-order valence-electron chi connectivity index (χ1n) is 7.12. The number of benzene rings is 1. The Morgan fingerprint density at radius 3 is 2.52 bits per heavy atom. The molecule has 0 bridgehead atoms. The number of unbranched alkanes of at least 4 members (excludes halogenated alkanes) is 1. The van der Waals surface area contributed by atoms with Crippen molar-refractivity contribution in [3.63, 3.8) is 0 Å². The minimum Gasteiger partial charge on any atom is -0.314 e. The molecule has 1 saturated heterocycles. The second-order valence-electron chi connectivity index (χ2n) is 5.12. The largest absolute Gasteiger partial charge is 0.314 e. The van der Waals surface area contributed by atoms with Crippen molar-refractivity contribution < 1.29 is 0 Å². The molecule has 1 heterocycles. The summed E-state index contributed by atoms with van der Waals surface area (Å²) in [5.74, 6) is 0. The second kappa shape index (κ2) is 11.1. The highest BCUT2D eigenvalue weighted by Gasteiger charge is 2.22. The Morgan fingerprint density at radius 2 is 1.95 bits per heavy atom. The molecular formula is C15H24BrCl3N2. The van der Waals surface area contributed by atoms with Gasteiger partial charge in [0.15, 0.2) is 0 Å². The van der Waals surface area contributed by atoms with Crippen LogP contribution < -0.4 is 5.32 Å². The average molecular weight is 419 g/mol. The maximum absolute atomic E-state index is 6.10.